The van der Waals surface area contributed by atoms with E-state index in [1.54, 1.807) is 0 Å². The highest BCUT2D eigenvalue weighted by Crippen LogP contribution is 2.31. The van der Waals surface area contributed by atoms with Gasteiger partial charge in [-0.05, 0) is 32.6 Å². The molecule has 1 rings (SSSR count). The SMILES string of the molecule is CCCCC(CCC)C1COC(C)(C)O1. The van der Waals surface area contributed by atoms with E-state index >= 15 is 0 Å². The fourth-order valence-corrected chi connectivity index (χ4v) is 2.30. The summed E-state index contributed by atoms with van der Waals surface area (Å²) in [6.45, 7) is 9.30. The second kappa shape index (κ2) is 5.86. The van der Waals surface area contributed by atoms with Crippen molar-refractivity contribution in [1.29, 1.82) is 0 Å². The molecule has 1 aliphatic heterocycles. The lowest BCUT2D eigenvalue weighted by molar-refractivity contribution is -0.145. The minimum atomic E-state index is -0.358. The molecule has 0 N–H and O–H groups in total. The maximum atomic E-state index is 5.94. The van der Waals surface area contributed by atoms with Crippen molar-refractivity contribution >= 4 is 0 Å². The average Bonchev–Trinajstić information content (AvgIpc) is 2.53. The normalized spacial score (nSPS) is 26.8. The maximum Gasteiger partial charge on any atom is 0.163 e. The molecule has 1 heterocycles. The first-order valence-electron chi connectivity index (χ1n) is 6.40. The van der Waals surface area contributed by atoms with Gasteiger partial charge < -0.3 is 9.47 Å². The van der Waals surface area contributed by atoms with Crippen molar-refractivity contribution in [2.24, 2.45) is 5.92 Å². The van der Waals surface area contributed by atoms with Crippen LogP contribution in [0.15, 0.2) is 0 Å². The van der Waals surface area contributed by atoms with Gasteiger partial charge in [0.1, 0.15) is 0 Å². The summed E-state index contributed by atoms with van der Waals surface area (Å²) >= 11 is 0. The van der Waals surface area contributed by atoms with Gasteiger partial charge in [0.15, 0.2) is 5.79 Å². The van der Waals surface area contributed by atoms with Gasteiger partial charge >= 0.3 is 0 Å². The van der Waals surface area contributed by atoms with Crippen LogP contribution in [0.1, 0.15) is 59.8 Å². The van der Waals surface area contributed by atoms with Crippen molar-refractivity contribution in [2.75, 3.05) is 6.61 Å². The van der Waals surface area contributed by atoms with Crippen molar-refractivity contribution in [3.63, 3.8) is 0 Å². The smallest absolute Gasteiger partial charge is 0.163 e. The van der Waals surface area contributed by atoms with Crippen molar-refractivity contribution < 1.29 is 9.47 Å². The molecule has 0 bridgehead atoms. The number of unbranched alkanes of at least 4 members (excludes halogenated alkanes) is 1. The Morgan fingerprint density at radius 2 is 1.93 bits per heavy atom. The molecule has 15 heavy (non-hydrogen) atoms. The molecule has 0 aromatic carbocycles. The Labute approximate surface area is 94.3 Å². The van der Waals surface area contributed by atoms with Crippen LogP contribution in [0.2, 0.25) is 0 Å². The molecule has 1 aliphatic rings. The minimum absolute atomic E-state index is 0.325. The summed E-state index contributed by atoms with van der Waals surface area (Å²) in [5.74, 6) is 0.333. The Bertz CT molecular complexity index is 177. The first-order valence-corrected chi connectivity index (χ1v) is 6.40. The zero-order chi connectivity index (χ0) is 11.3. The third-order valence-corrected chi connectivity index (χ3v) is 3.14. The molecule has 0 aromatic rings. The summed E-state index contributed by atoms with van der Waals surface area (Å²) in [4.78, 5) is 0. The van der Waals surface area contributed by atoms with Crippen molar-refractivity contribution in [3.8, 4) is 0 Å². The van der Waals surface area contributed by atoms with Crippen LogP contribution in [0.5, 0.6) is 0 Å². The predicted molar refractivity (Wildman–Crippen MR) is 62.8 cm³/mol. The van der Waals surface area contributed by atoms with Crippen LogP contribution < -0.4 is 0 Å². The van der Waals surface area contributed by atoms with Gasteiger partial charge in [0, 0.05) is 0 Å². The first-order chi connectivity index (χ1) is 7.09. The second-order valence-corrected chi connectivity index (χ2v) is 5.06. The molecule has 2 heteroatoms. The van der Waals surface area contributed by atoms with Crippen LogP contribution in [-0.4, -0.2) is 18.5 Å². The van der Waals surface area contributed by atoms with Gasteiger partial charge in [0.2, 0.25) is 0 Å². The van der Waals surface area contributed by atoms with Gasteiger partial charge in [-0.3, -0.25) is 0 Å². The summed E-state index contributed by atoms with van der Waals surface area (Å²) in [5.41, 5.74) is 0. The third-order valence-electron chi connectivity index (χ3n) is 3.14. The molecular formula is C13H26O2. The van der Waals surface area contributed by atoms with Gasteiger partial charge in [-0.25, -0.2) is 0 Å². The predicted octanol–water partition coefficient (Wildman–Crippen LogP) is 3.74. The van der Waals surface area contributed by atoms with Crippen LogP contribution in [0.25, 0.3) is 0 Å². The molecule has 0 saturated carbocycles. The molecule has 90 valence electrons. The summed E-state index contributed by atoms with van der Waals surface area (Å²) < 4.78 is 11.6. The van der Waals surface area contributed by atoms with Crippen molar-refractivity contribution in [2.45, 2.75) is 71.7 Å². The lowest BCUT2D eigenvalue weighted by Gasteiger charge is -2.23. The van der Waals surface area contributed by atoms with E-state index in [0.717, 1.165) is 6.61 Å². The Balaban J connectivity index is 2.42. The number of hydrogen-bond donors (Lipinski definition) is 0. The van der Waals surface area contributed by atoms with E-state index in [1.807, 2.05) is 13.8 Å². The highest BCUT2D eigenvalue weighted by Gasteiger charge is 2.36. The highest BCUT2D eigenvalue weighted by molar-refractivity contribution is 4.77. The van der Waals surface area contributed by atoms with Crippen LogP contribution in [0, 0.1) is 5.92 Å². The standard InChI is InChI=1S/C13H26O2/c1-5-7-9-11(8-6-2)12-10-14-13(3,4)15-12/h11-12H,5-10H2,1-4H3. The largest absolute Gasteiger partial charge is 0.348 e. The summed E-state index contributed by atoms with van der Waals surface area (Å²) in [6, 6.07) is 0. The monoisotopic (exact) mass is 214 g/mol. The molecular weight excluding hydrogens is 188 g/mol. The molecule has 2 nitrogen and oxygen atoms in total. The Hall–Kier alpha value is -0.0800. The number of rotatable bonds is 6. The molecule has 2 unspecified atom stereocenters. The Morgan fingerprint density at radius 1 is 1.20 bits per heavy atom. The van der Waals surface area contributed by atoms with Gasteiger partial charge in [-0.15, -0.1) is 0 Å². The first kappa shape index (κ1) is 13.0. The van der Waals surface area contributed by atoms with E-state index in [9.17, 15) is 0 Å². The molecule has 0 amide bonds. The topological polar surface area (TPSA) is 18.5 Å². The van der Waals surface area contributed by atoms with Gasteiger partial charge in [-0.1, -0.05) is 33.1 Å². The fraction of sp³-hybridized carbons (Fsp3) is 1.00. The number of ether oxygens (including phenoxy) is 2. The molecule has 1 fully saturated rings. The average molecular weight is 214 g/mol. The maximum absolute atomic E-state index is 5.94. The van der Waals surface area contributed by atoms with Gasteiger partial charge in [0.05, 0.1) is 12.7 Å². The molecule has 2 atom stereocenters. The molecule has 0 spiro atoms. The van der Waals surface area contributed by atoms with E-state index in [0.29, 0.717) is 12.0 Å². The summed E-state index contributed by atoms with van der Waals surface area (Å²) in [5, 5.41) is 0. The fourth-order valence-electron chi connectivity index (χ4n) is 2.30. The zero-order valence-electron chi connectivity index (χ0n) is 10.7. The third kappa shape index (κ3) is 4.12. The molecule has 0 aliphatic carbocycles. The van der Waals surface area contributed by atoms with E-state index in [-0.39, 0.29) is 5.79 Å². The van der Waals surface area contributed by atoms with E-state index in [1.165, 1.54) is 32.1 Å². The van der Waals surface area contributed by atoms with Crippen LogP contribution in [-0.2, 0) is 9.47 Å². The van der Waals surface area contributed by atoms with Crippen molar-refractivity contribution in [3.05, 3.63) is 0 Å². The quantitative estimate of drug-likeness (QED) is 0.670. The van der Waals surface area contributed by atoms with Gasteiger partial charge in [0.25, 0.3) is 0 Å². The molecule has 0 radical (unpaired) electrons. The zero-order valence-corrected chi connectivity index (χ0v) is 10.7. The Kier molecular flexibility index (Phi) is 5.07. The molecule has 0 aromatic heterocycles. The summed E-state index contributed by atoms with van der Waals surface area (Å²) in [7, 11) is 0. The van der Waals surface area contributed by atoms with Gasteiger partial charge in [-0.2, -0.15) is 0 Å². The molecule has 1 saturated heterocycles. The number of hydrogen-bond acceptors (Lipinski definition) is 2. The van der Waals surface area contributed by atoms with E-state index in [2.05, 4.69) is 13.8 Å². The minimum Gasteiger partial charge on any atom is -0.348 e. The van der Waals surface area contributed by atoms with Crippen LogP contribution in [0.3, 0.4) is 0 Å². The summed E-state index contributed by atoms with van der Waals surface area (Å²) in [6.07, 6.45) is 6.71. The lowest BCUT2D eigenvalue weighted by atomic mass is 9.92. The second-order valence-electron chi connectivity index (χ2n) is 5.06. The van der Waals surface area contributed by atoms with E-state index < -0.39 is 0 Å². The van der Waals surface area contributed by atoms with Crippen LogP contribution >= 0.6 is 0 Å². The van der Waals surface area contributed by atoms with E-state index in [4.69, 9.17) is 9.47 Å². The Morgan fingerprint density at radius 3 is 2.40 bits per heavy atom. The van der Waals surface area contributed by atoms with Crippen molar-refractivity contribution in [1.82, 2.24) is 0 Å². The highest BCUT2D eigenvalue weighted by atomic mass is 16.7. The lowest BCUT2D eigenvalue weighted by Crippen LogP contribution is -2.26. The van der Waals surface area contributed by atoms with Crippen LogP contribution in [0.4, 0.5) is 0 Å².